The average Bonchev–Trinajstić information content (AvgIpc) is 2.28. The Hall–Kier alpha value is -0.820. The third kappa shape index (κ3) is 6.48. The number of rotatable bonds is 5. The molecule has 0 spiro atoms. The second-order valence-electron chi connectivity index (χ2n) is 3.90. The molecule has 1 heterocycles. The minimum atomic E-state index is -4.15. The number of hydrogen-bond donors (Lipinski definition) is 1. The van der Waals surface area contributed by atoms with Gasteiger partial charge in [-0.15, -0.1) is 0 Å². The molecule has 0 unspecified atom stereocenters. The Morgan fingerprint density at radius 2 is 1.94 bits per heavy atom. The summed E-state index contributed by atoms with van der Waals surface area (Å²) in [4.78, 5) is 13.2. The molecule has 4 nitrogen and oxygen atoms in total. The van der Waals surface area contributed by atoms with Crippen molar-refractivity contribution in [1.82, 2.24) is 10.2 Å². The topological polar surface area (TPSA) is 41.6 Å². The van der Waals surface area contributed by atoms with Crippen LogP contribution in [0.4, 0.5) is 13.2 Å². The smallest absolute Gasteiger partial charge is 0.372 e. The Kier molecular flexibility index (Phi) is 5.70. The van der Waals surface area contributed by atoms with E-state index >= 15 is 0 Å². The molecule has 1 rings (SSSR count). The zero-order valence-corrected chi connectivity index (χ0v) is 9.55. The van der Waals surface area contributed by atoms with E-state index in [0.29, 0.717) is 13.1 Å². The largest absolute Gasteiger partial charge is 0.389 e. The summed E-state index contributed by atoms with van der Waals surface area (Å²) >= 11 is 0. The number of carbonyl (C=O) groups excluding carboxylic acids is 1. The van der Waals surface area contributed by atoms with E-state index < -0.39 is 12.6 Å². The van der Waals surface area contributed by atoms with Gasteiger partial charge in [-0.2, -0.15) is 13.2 Å². The van der Waals surface area contributed by atoms with Gasteiger partial charge >= 0.3 is 6.18 Å². The molecular formula is C10H17F3N2O2. The van der Waals surface area contributed by atoms with Crippen molar-refractivity contribution >= 4 is 5.91 Å². The zero-order valence-electron chi connectivity index (χ0n) is 9.55. The van der Waals surface area contributed by atoms with Gasteiger partial charge in [0.1, 0.15) is 6.61 Å². The molecule has 0 saturated carbocycles. The van der Waals surface area contributed by atoms with E-state index in [1.165, 1.54) is 0 Å². The first-order valence-corrected chi connectivity index (χ1v) is 5.62. The van der Waals surface area contributed by atoms with Gasteiger partial charge in [-0.1, -0.05) is 0 Å². The van der Waals surface area contributed by atoms with E-state index in [9.17, 15) is 18.0 Å². The minimum Gasteiger partial charge on any atom is -0.372 e. The molecule has 1 fully saturated rings. The van der Waals surface area contributed by atoms with Crippen molar-refractivity contribution in [3.63, 3.8) is 0 Å². The number of ether oxygens (including phenoxy) is 1. The summed E-state index contributed by atoms with van der Waals surface area (Å²) in [5.74, 6) is -0.154. The van der Waals surface area contributed by atoms with Crippen molar-refractivity contribution in [3.8, 4) is 0 Å². The second-order valence-corrected chi connectivity index (χ2v) is 3.90. The van der Waals surface area contributed by atoms with Crippen LogP contribution in [0.3, 0.4) is 0 Å². The van der Waals surface area contributed by atoms with E-state index in [-0.39, 0.29) is 25.5 Å². The number of hydrogen-bond acceptors (Lipinski definition) is 3. The molecule has 1 N–H and O–H groups in total. The summed E-state index contributed by atoms with van der Waals surface area (Å²) in [5.41, 5.74) is 0. The standard InChI is InChI=1S/C10H17F3N2O2/c11-10(12,13)2-1-7-17-8-9(16)15-5-3-14-4-6-15/h14H,1-8H2. The molecule has 100 valence electrons. The van der Waals surface area contributed by atoms with E-state index in [1.54, 1.807) is 4.90 Å². The van der Waals surface area contributed by atoms with Gasteiger partial charge in [0.05, 0.1) is 0 Å². The Morgan fingerprint density at radius 1 is 1.29 bits per heavy atom. The molecule has 0 aromatic rings. The van der Waals surface area contributed by atoms with Crippen LogP contribution in [-0.4, -0.2) is 56.4 Å². The van der Waals surface area contributed by atoms with Gasteiger partial charge in [-0.25, -0.2) is 0 Å². The molecule has 1 saturated heterocycles. The average molecular weight is 254 g/mol. The first-order chi connectivity index (χ1) is 7.99. The Bertz CT molecular complexity index is 240. The summed E-state index contributed by atoms with van der Waals surface area (Å²) in [6, 6.07) is 0. The van der Waals surface area contributed by atoms with Gasteiger partial charge in [0, 0.05) is 39.2 Å². The number of nitrogens with one attached hydrogen (secondary N) is 1. The molecule has 7 heteroatoms. The van der Waals surface area contributed by atoms with Crippen LogP contribution < -0.4 is 5.32 Å². The van der Waals surface area contributed by atoms with Crippen LogP contribution in [-0.2, 0) is 9.53 Å². The third-order valence-electron chi connectivity index (χ3n) is 2.44. The van der Waals surface area contributed by atoms with Crippen molar-refractivity contribution in [1.29, 1.82) is 0 Å². The predicted molar refractivity (Wildman–Crippen MR) is 55.6 cm³/mol. The quantitative estimate of drug-likeness (QED) is 0.737. The molecule has 0 bridgehead atoms. The monoisotopic (exact) mass is 254 g/mol. The van der Waals surface area contributed by atoms with Crippen molar-refractivity contribution in [2.24, 2.45) is 0 Å². The Morgan fingerprint density at radius 3 is 2.53 bits per heavy atom. The SMILES string of the molecule is O=C(COCCCC(F)(F)F)N1CCNCC1. The normalized spacial score (nSPS) is 17.2. The number of nitrogens with zero attached hydrogens (tertiary/aromatic N) is 1. The Balaban J connectivity index is 2.04. The first kappa shape index (κ1) is 14.2. The lowest BCUT2D eigenvalue weighted by Crippen LogP contribution is -2.47. The van der Waals surface area contributed by atoms with Crippen molar-refractivity contribution in [2.75, 3.05) is 39.4 Å². The van der Waals surface area contributed by atoms with Crippen LogP contribution in [0, 0.1) is 0 Å². The van der Waals surface area contributed by atoms with Crippen LogP contribution >= 0.6 is 0 Å². The highest BCUT2D eigenvalue weighted by molar-refractivity contribution is 5.77. The number of alkyl halides is 3. The van der Waals surface area contributed by atoms with Gasteiger partial charge < -0.3 is 15.0 Å². The lowest BCUT2D eigenvalue weighted by molar-refractivity contribution is -0.141. The molecule has 17 heavy (non-hydrogen) atoms. The van der Waals surface area contributed by atoms with E-state index in [2.05, 4.69) is 5.32 Å². The van der Waals surface area contributed by atoms with Crippen LogP contribution in [0.15, 0.2) is 0 Å². The summed E-state index contributed by atoms with van der Waals surface area (Å²) in [6.07, 6.45) is -5.11. The molecule has 0 aromatic heterocycles. The zero-order chi connectivity index (χ0) is 12.7. The first-order valence-electron chi connectivity index (χ1n) is 5.62. The van der Waals surface area contributed by atoms with Crippen molar-refractivity contribution in [2.45, 2.75) is 19.0 Å². The Labute approximate surface area is 98.1 Å². The number of piperazine rings is 1. The van der Waals surface area contributed by atoms with E-state index in [0.717, 1.165) is 13.1 Å². The fourth-order valence-electron chi connectivity index (χ4n) is 1.54. The number of halogens is 3. The third-order valence-corrected chi connectivity index (χ3v) is 2.44. The summed E-state index contributed by atoms with van der Waals surface area (Å²) < 4.78 is 40.3. The number of amides is 1. The molecule has 0 radical (unpaired) electrons. The fraction of sp³-hybridized carbons (Fsp3) is 0.900. The highest BCUT2D eigenvalue weighted by Crippen LogP contribution is 2.20. The molecule has 1 amide bonds. The molecule has 0 aliphatic carbocycles. The predicted octanol–water partition coefficient (Wildman–Crippen LogP) is 0.777. The highest BCUT2D eigenvalue weighted by atomic mass is 19.4. The van der Waals surface area contributed by atoms with Gasteiger partial charge in [-0.3, -0.25) is 4.79 Å². The minimum absolute atomic E-state index is 0.0304. The molecular weight excluding hydrogens is 237 g/mol. The summed E-state index contributed by atoms with van der Waals surface area (Å²) in [6.45, 7) is 2.60. The lowest BCUT2D eigenvalue weighted by Gasteiger charge is -2.27. The molecule has 1 aliphatic heterocycles. The number of carbonyl (C=O) groups is 1. The van der Waals surface area contributed by atoms with Gasteiger partial charge in [0.15, 0.2) is 0 Å². The van der Waals surface area contributed by atoms with Crippen LogP contribution in [0.5, 0.6) is 0 Å². The molecule has 1 aliphatic rings. The van der Waals surface area contributed by atoms with Crippen LogP contribution in [0.2, 0.25) is 0 Å². The lowest BCUT2D eigenvalue weighted by atomic mass is 10.3. The van der Waals surface area contributed by atoms with Gasteiger partial charge in [-0.05, 0) is 6.42 Å². The molecule has 0 atom stereocenters. The van der Waals surface area contributed by atoms with Gasteiger partial charge in [0.2, 0.25) is 5.91 Å². The van der Waals surface area contributed by atoms with E-state index in [1.807, 2.05) is 0 Å². The van der Waals surface area contributed by atoms with Crippen LogP contribution in [0.1, 0.15) is 12.8 Å². The highest BCUT2D eigenvalue weighted by Gasteiger charge is 2.26. The molecule has 0 aromatic carbocycles. The van der Waals surface area contributed by atoms with E-state index in [4.69, 9.17) is 4.74 Å². The maximum absolute atomic E-state index is 11.8. The summed E-state index contributed by atoms with van der Waals surface area (Å²) in [7, 11) is 0. The maximum atomic E-state index is 11.8. The van der Waals surface area contributed by atoms with Crippen molar-refractivity contribution < 1.29 is 22.7 Å². The fourth-order valence-corrected chi connectivity index (χ4v) is 1.54. The summed E-state index contributed by atoms with van der Waals surface area (Å²) in [5, 5.41) is 3.10. The maximum Gasteiger partial charge on any atom is 0.389 e. The van der Waals surface area contributed by atoms with Gasteiger partial charge in [0.25, 0.3) is 0 Å². The van der Waals surface area contributed by atoms with Crippen LogP contribution in [0.25, 0.3) is 0 Å². The van der Waals surface area contributed by atoms with Crippen molar-refractivity contribution in [3.05, 3.63) is 0 Å². The second kappa shape index (κ2) is 6.80.